The van der Waals surface area contributed by atoms with Crippen LogP contribution in [0.2, 0.25) is 0 Å². The summed E-state index contributed by atoms with van der Waals surface area (Å²) < 4.78 is 5.74. The Hall–Kier alpha value is -1.47. The Kier molecular flexibility index (Phi) is 3.95. The molecular formula is C14H14BrN3O2S. The summed E-state index contributed by atoms with van der Waals surface area (Å²) in [5, 5.41) is 13.0. The molecule has 1 aliphatic heterocycles. The molecule has 0 amide bonds. The average molecular weight is 368 g/mol. The number of nitrogens with zero attached hydrogens (tertiary/aromatic N) is 2. The van der Waals surface area contributed by atoms with Crippen molar-refractivity contribution < 1.29 is 9.84 Å². The number of fused-ring (bicyclic) bond motifs is 1. The molecule has 0 bridgehead atoms. The van der Waals surface area contributed by atoms with Gasteiger partial charge in [0.2, 0.25) is 0 Å². The van der Waals surface area contributed by atoms with Crippen LogP contribution in [0.3, 0.4) is 0 Å². The van der Waals surface area contributed by atoms with Gasteiger partial charge in [0.25, 0.3) is 0 Å². The van der Waals surface area contributed by atoms with E-state index in [-0.39, 0.29) is 5.75 Å². The molecule has 0 unspecified atom stereocenters. The number of hydrogen-bond acceptors (Lipinski definition) is 6. The number of anilines is 1. The molecule has 1 aromatic carbocycles. The van der Waals surface area contributed by atoms with Crippen molar-refractivity contribution in [3.63, 3.8) is 0 Å². The van der Waals surface area contributed by atoms with Crippen LogP contribution in [0.1, 0.15) is 11.3 Å². The third-order valence-corrected chi connectivity index (χ3v) is 4.90. The molecule has 0 aliphatic carbocycles. The summed E-state index contributed by atoms with van der Waals surface area (Å²) in [6.45, 7) is 0. The molecule has 2 N–H and O–H groups in total. The van der Waals surface area contributed by atoms with E-state index in [9.17, 15) is 5.11 Å². The molecule has 0 saturated heterocycles. The van der Waals surface area contributed by atoms with Gasteiger partial charge in [0.1, 0.15) is 5.82 Å². The monoisotopic (exact) mass is 367 g/mol. The third kappa shape index (κ3) is 2.55. The zero-order valence-corrected chi connectivity index (χ0v) is 14.0. The van der Waals surface area contributed by atoms with E-state index >= 15 is 0 Å². The van der Waals surface area contributed by atoms with Crippen LogP contribution < -0.4 is 10.1 Å². The van der Waals surface area contributed by atoms with Crippen LogP contribution in [0.4, 0.5) is 5.82 Å². The van der Waals surface area contributed by atoms with Gasteiger partial charge in [-0.2, -0.15) is 11.8 Å². The first-order chi connectivity index (χ1) is 10.1. The number of thioether (sulfide) groups is 1. The summed E-state index contributed by atoms with van der Waals surface area (Å²) in [5.74, 6) is 3.79. The number of aromatic hydroxyl groups is 1. The summed E-state index contributed by atoms with van der Waals surface area (Å²) >= 11 is 5.16. The zero-order chi connectivity index (χ0) is 15.0. The Morgan fingerprint density at radius 3 is 2.86 bits per heavy atom. The molecule has 110 valence electrons. The Balaban J connectivity index is 2.15. The van der Waals surface area contributed by atoms with Gasteiger partial charge < -0.3 is 15.2 Å². The van der Waals surface area contributed by atoms with E-state index in [1.165, 1.54) is 12.7 Å². The smallest absolute Gasteiger partial charge is 0.172 e. The lowest BCUT2D eigenvalue weighted by Crippen LogP contribution is -2.03. The minimum Gasteiger partial charge on any atom is -0.503 e. The normalized spacial score (nSPS) is 13.1. The molecule has 2 aromatic rings. The van der Waals surface area contributed by atoms with Crippen molar-refractivity contribution in [1.82, 2.24) is 9.97 Å². The second-order valence-corrected chi connectivity index (χ2v) is 6.41. The maximum atomic E-state index is 9.90. The summed E-state index contributed by atoms with van der Waals surface area (Å²) in [5.41, 5.74) is 3.04. The maximum Gasteiger partial charge on any atom is 0.172 e. The average Bonchev–Trinajstić information content (AvgIpc) is 2.97. The van der Waals surface area contributed by atoms with Crippen LogP contribution in [0.5, 0.6) is 11.5 Å². The van der Waals surface area contributed by atoms with Gasteiger partial charge in [-0.25, -0.2) is 9.97 Å². The van der Waals surface area contributed by atoms with E-state index in [2.05, 4.69) is 31.2 Å². The van der Waals surface area contributed by atoms with Crippen LogP contribution in [0.15, 0.2) is 16.6 Å². The second kappa shape index (κ2) is 5.73. The fraction of sp³-hybridized carbons (Fsp3) is 0.286. The molecule has 5 nitrogen and oxygen atoms in total. The largest absolute Gasteiger partial charge is 0.503 e. The fourth-order valence-electron chi connectivity index (χ4n) is 2.25. The van der Waals surface area contributed by atoms with Crippen molar-refractivity contribution in [2.24, 2.45) is 0 Å². The van der Waals surface area contributed by atoms with Gasteiger partial charge in [-0.05, 0) is 28.1 Å². The molecule has 0 atom stereocenters. The molecule has 3 rings (SSSR count). The van der Waals surface area contributed by atoms with Gasteiger partial charge in [0.05, 0.1) is 17.3 Å². The number of methoxy groups -OCH3 is 1. The van der Waals surface area contributed by atoms with Crippen LogP contribution >= 0.6 is 27.7 Å². The SMILES string of the molecule is CNc1nc(-c2cc(Br)c(O)c(OC)c2)nc2c1CSC2. The number of benzene rings is 1. The quantitative estimate of drug-likeness (QED) is 0.866. The molecule has 21 heavy (non-hydrogen) atoms. The second-order valence-electron chi connectivity index (χ2n) is 4.57. The van der Waals surface area contributed by atoms with Gasteiger partial charge in [0.15, 0.2) is 17.3 Å². The first-order valence-electron chi connectivity index (χ1n) is 6.36. The lowest BCUT2D eigenvalue weighted by molar-refractivity contribution is 0.372. The standard InChI is InChI=1S/C14H14BrN3O2S/c1-16-14-8-5-21-6-10(8)17-13(18-14)7-3-9(15)12(19)11(4-7)20-2/h3-4,19H,5-6H2,1-2H3,(H,16,17,18). The molecular weight excluding hydrogens is 354 g/mol. The minimum atomic E-state index is 0.0757. The summed E-state index contributed by atoms with van der Waals surface area (Å²) in [6.07, 6.45) is 0. The molecule has 1 aliphatic rings. The molecule has 1 aromatic heterocycles. The number of hydrogen-bond donors (Lipinski definition) is 2. The van der Waals surface area contributed by atoms with Gasteiger partial charge >= 0.3 is 0 Å². The Morgan fingerprint density at radius 2 is 2.14 bits per heavy atom. The highest BCUT2D eigenvalue weighted by Crippen LogP contribution is 2.39. The lowest BCUT2D eigenvalue weighted by Gasteiger charge is -2.11. The van der Waals surface area contributed by atoms with Crippen molar-refractivity contribution in [1.29, 1.82) is 0 Å². The van der Waals surface area contributed by atoms with Gasteiger partial charge in [-0.3, -0.25) is 0 Å². The fourth-order valence-corrected chi connectivity index (χ4v) is 3.73. The highest BCUT2D eigenvalue weighted by atomic mass is 79.9. The zero-order valence-electron chi connectivity index (χ0n) is 11.6. The van der Waals surface area contributed by atoms with Crippen LogP contribution in [-0.4, -0.2) is 29.2 Å². The van der Waals surface area contributed by atoms with E-state index in [1.54, 1.807) is 12.1 Å². The van der Waals surface area contributed by atoms with Crippen LogP contribution in [0.25, 0.3) is 11.4 Å². The highest BCUT2D eigenvalue weighted by molar-refractivity contribution is 9.10. The van der Waals surface area contributed by atoms with Crippen molar-refractivity contribution in [2.75, 3.05) is 19.5 Å². The van der Waals surface area contributed by atoms with E-state index in [1.807, 2.05) is 18.8 Å². The number of aromatic nitrogens is 2. The minimum absolute atomic E-state index is 0.0757. The highest BCUT2D eigenvalue weighted by Gasteiger charge is 2.20. The number of phenolic OH excluding ortho intramolecular Hbond substituents is 1. The third-order valence-electron chi connectivity index (χ3n) is 3.32. The Bertz CT molecular complexity index is 709. The van der Waals surface area contributed by atoms with Crippen molar-refractivity contribution in [2.45, 2.75) is 11.5 Å². The van der Waals surface area contributed by atoms with Crippen molar-refractivity contribution in [3.8, 4) is 22.9 Å². The first-order valence-corrected chi connectivity index (χ1v) is 8.31. The number of ether oxygens (including phenoxy) is 1. The topological polar surface area (TPSA) is 67.3 Å². The number of halogens is 1. The summed E-state index contributed by atoms with van der Waals surface area (Å²) in [7, 11) is 3.38. The lowest BCUT2D eigenvalue weighted by atomic mass is 10.1. The number of rotatable bonds is 3. The summed E-state index contributed by atoms with van der Waals surface area (Å²) in [4.78, 5) is 9.23. The predicted octanol–water partition coefficient (Wildman–Crippen LogP) is 3.41. The van der Waals surface area contributed by atoms with E-state index in [4.69, 9.17) is 4.74 Å². The Morgan fingerprint density at radius 1 is 1.33 bits per heavy atom. The van der Waals surface area contributed by atoms with Crippen LogP contribution in [0, 0.1) is 0 Å². The van der Waals surface area contributed by atoms with Gasteiger partial charge in [-0.15, -0.1) is 0 Å². The van der Waals surface area contributed by atoms with Crippen molar-refractivity contribution in [3.05, 3.63) is 27.9 Å². The molecule has 2 heterocycles. The maximum absolute atomic E-state index is 9.90. The molecule has 0 saturated carbocycles. The molecule has 0 radical (unpaired) electrons. The van der Waals surface area contributed by atoms with Crippen molar-refractivity contribution >= 4 is 33.5 Å². The molecule has 7 heteroatoms. The summed E-state index contributed by atoms with van der Waals surface area (Å²) in [6, 6.07) is 3.53. The van der Waals surface area contributed by atoms with E-state index in [0.717, 1.165) is 28.6 Å². The van der Waals surface area contributed by atoms with Gasteiger partial charge in [-0.1, -0.05) is 0 Å². The number of phenols is 1. The molecule has 0 spiro atoms. The van der Waals surface area contributed by atoms with E-state index < -0.39 is 0 Å². The molecule has 0 fully saturated rings. The number of nitrogens with one attached hydrogen (secondary N) is 1. The predicted molar refractivity (Wildman–Crippen MR) is 87.9 cm³/mol. The van der Waals surface area contributed by atoms with E-state index in [0.29, 0.717) is 16.0 Å². The van der Waals surface area contributed by atoms with Gasteiger partial charge in [0, 0.05) is 29.7 Å². The van der Waals surface area contributed by atoms with Crippen LogP contribution in [-0.2, 0) is 11.5 Å². The first kappa shape index (κ1) is 14.5. The Labute approximate surface area is 135 Å².